The van der Waals surface area contributed by atoms with Gasteiger partial charge in [-0.1, -0.05) is 20.8 Å². The fraction of sp³-hybridized carbons (Fsp3) is 0.429. The fourth-order valence-electron chi connectivity index (χ4n) is 1.56. The van der Waals surface area contributed by atoms with E-state index in [1.807, 2.05) is 12.1 Å². The average Bonchev–Trinajstić information content (AvgIpc) is 2.38. The summed E-state index contributed by atoms with van der Waals surface area (Å²) < 4.78 is 10.6. The maximum Gasteiger partial charge on any atom is 0.405 e. The van der Waals surface area contributed by atoms with E-state index in [0.717, 1.165) is 5.56 Å². The molecule has 0 aromatic carbocycles. The summed E-state index contributed by atoms with van der Waals surface area (Å²) in [6.07, 6.45) is 3.29. The minimum atomic E-state index is -0.736. The van der Waals surface area contributed by atoms with Crippen molar-refractivity contribution < 1.29 is 23.9 Å². The van der Waals surface area contributed by atoms with Gasteiger partial charge in [-0.15, -0.1) is 0 Å². The van der Waals surface area contributed by atoms with Gasteiger partial charge in [0.2, 0.25) is 0 Å². The number of nitrogens with zero attached hydrogens (tertiary/aromatic N) is 1. The number of rotatable bonds is 3. The van der Waals surface area contributed by atoms with E-state index in [9.17, 15) is 9.90 Å². The number of carbonyl (C=O) groups is 1. The van der Waals surface area contributed by atoms with Gasteiger partial charge in [0.1, 0.15) is 5.95 Å². The largest absolute Gasteiger partial charge is 0.612 e. The minimum absolute atomic E-state index is 0.00418. The number of carbonyl (C=O) groups excluding carboxylic acids is 1. The van der Waals surface area contributed by atoms with Crippen LogP contribution in [0.5, 0.6) is 0 Å². The van der Waals surface area contributed by atoms with E-state index in [1.165, 1.54) is 18.8 Å². The van der Waals surface area contributed by atoms with Crippen LogP contribution in [-0.4, -0.2) is 20.2 Å². The quantitative estimate of drug-likeness (QED) is 0.347. The van der Waals surface area contributed by atoms with E-state index in [0.29, 0.717) is 0 Å². The standard InChI is InChI=1S/C14H19NO4/c1-14(2,3)10-6-8-15(9-7-10)11(12(16)18-4)13(17)19-5/h6-9H,1-5H3. The van der Waals surface area contributed by atoms with Crippen molar-refractivity contribution in [3.63, 3.8) is 0 Å². The van der Waals surface area contributed by atoms with Crippen molar-refractivity contribution in [3.8, 4) is 0 Å². The average molecular weight is 265 g/mol. The Morgan fingerprint density at radius 3 is 2.05 bits per heavy atom. The lowest BCUT2D eigenvalue weighted by atomic mass is 9.88. The van der Waals surface area contributed by atoms with Gasteiger partial charge in [0, 0.05) is 12.1 Å². The molecule has 0 fully saturated rings. The lowest BCUT2D eigenvalue weighted by Crippen LogP contribution is -2.40. The SMILES string of the molecule is COC(=O)/C(=C(/[O-])OC)[n+]1ccc(C(C)(C)C)cc1. The van der Waals surface area contributed by atoms with Crippen LogP contribution in [0.25, 0.3) is 5.70 Å². The first-order chi connectivity index (χ1) is 8.81. The highest BCUT2D eigenvalue weighted by Crippen LogP contribution is 2.20. The molecule has 0 spiro atoms. The summed E-state index contributed by atoms with van der Waals surface area (Å²) >= 11 is 0. The van der Waals surface area contributed by atoms with E-state index in [2.05, 4.69) is 30.2 Å². The lowest BCUT2D eigenvalue weighted by molar-refractivity contribution is -0.586. The molecule has 0 amide bonds. The highest BCUT2D eigenvalue weighted by atomic mass is 16.6. The van der Waals surface area contributed by atoms with Gasteiger partial charge >= 0.3 is 11.7 Å². The van der Waals surface area contributed by atoms with E-state index in [4.69, 9.17) is 0 Å². The zero-order valence-corrected chi connectivity index (χ0v) is 11.9. The maximum atomic E-state index is 11.6. The van der Waals surface area contributed by atoms with Crippen LogP contribution in [0.4, 0.5) is 0 Å². The molecule has 0 aliphatic rings. The van der Waals surface area contributed by atoms with Gasteiger partial charge in [-0.25, -0.2) is 4.79 Å². The molecule has 0 saturated heterocycles. The first-order valence-corrected chi connectivity index (χ1v) is 5.87. The molecule has 0 aliphatic carbocycles. The van der Waals surface area contributed by atoms with Gasteiger partial charge in [-0.05, 0) is 18.1 Å². The van der Waals surface area contributed by atoms with Crippen LogP contribution in [0.2, 0.25) is 0 Å². The molecule has 0 radical (unpaired) electrons. The lowest BCUT2D eigenvalue weighted by Gasteiger charge is -2.18. The van der Waals surface area contributed by atoms with Crippen molar-refractivity contribution in [3.05, 3.63) is 36.0 Å². The summed E-state index contributed by atoms with van der Waals surface area (Å²) in [6, 6.07) is 3.71. The molecular formula is C14H19NO4. The van der Waals surface area contributed by atoms with Gasteiger partial charge in [-0.3, -0.25) is 0 Å². The predicted octanol–water partition coefficient (Wildman–Crippen LogP) is 0.577. The fourth-order valence-corrected chi connectivity index (χ4v) is 1.56. The Hall–Kier alpha value is -2.04. The molecule has 1 aromatic rings. The summed E-state index contributed by atoms with van der Waals surface area (Å²) in [5.74, 6) is -1.47. The van der Waals surface area contributed by atoms with Crippen LogP contribution >= 0.6 is 0 Å². The van der Waals surface area contributed by atoms with Gasteiger partial charge in [-0.2, -0.15) is 4.57 Å². The maximum absolute atomic E-state index is 11.6. The third-order valence-electron chi connectivity index (χ3n) is 2.71. The Bertz CT molecular complexity index is 483. The molecule has 5 nitrogen and oxygen atoms in total. The number of hydrogen-bond acceptors (Lipinski definition) is 4. The zero-order chi connectivity index (χ0) is 14.6. The molecular weight excluding hydrogens is 246 g/mol. The van der Waals surface area contributed by atoms with Crippen molar-refractivity contribution in [2.24, 2.45) is 0 Å². The second-order valence-electron chi connectivity index (χ2n) is 5.08. The Balaban J connectivity index is 3.24. The minimum Gasteiger partial charge on any atom is -0.612 e. The predicted molar refractivity (Wildman–Crippen MR) is 67.6 cm³/mol. The van der Waals surface area contributed by atoms with Gasteiger partial charge in [0.15, 0.2) is 12.4 Å². The molecule has 0 bridgehead atoms. The van der Waals surface area contributed by atoms with Gasteiger partial charge < -0.3 is 14.6 Å². The monoisotopic (exact) mass is 265 g/mol. The molecule has 19 heavy (non-hydrogen) atoms. The molecule has 1 aromatic heterocycles. The number of ether oxygens (including phenoxy) is 2. The number of pyridine rings is 1. The van der Waals surface area contributed by atoms with Crippen molar-refractivity contribution in [1.82, 2.24) is 0 Å². The normalized spacial score (nSPS) is 12.7. The van der Waals surface area contributed by atoms with Crippen LogP contribution in [0.1, 0.15) is 26.3 Å². The van der Waals surface area contributed by atoms with E-state index < -0.39 is 11.9 Å². The summed E-state index contributed by atoms with van der Waals surface area (Å²) in [4.78, 5) is 11.6. The smallest absolute Gasteiger partial charge is 0.405 e. The third kappa shape index (κ3) is 3.47. The molecule has 1 heterocycles. The van der Waals surface area contributed by atoms with E-state index >= 15 is 0 Å². The van der Waals surface area contributed by atoms with Crippen molar-refractivity contribution >= 4 is 11.7 Å². The van der Waals surface area contributed by atoms with Crippen molar-refractivity contribution in [2.75, 3.05) is 14.2 Å². The number of methoxy groups -OCH3 is 2. The highest BCUT2D eigenvalue weighted by molar-refractivity contribution is 6.06. The van der Waals surface area contributed by atoms with E-state index in [1.54, 1.807) is 12.4 Å². The van der Waals surface area contributed by atoms with Crippen LogP contribution in [0, 0.1) is 0 Å². The molecule has 0 aliphatic heterocycles. The summed E-state index contributed by atoms with van der Waals surface area (Å²) in [5, 5.41) is 11.6. The van der Waals surface area contributed by atoms with Gasteiger partial charge in [0.05, 0.1) is 7.11 Å². The third-order valence-corrected chi connectivity index (χ3v) is 2.71. The zero-order valence-electron chi connectivity index (χ0n) is 11.9. The van der Waals surface area contributed by atoms with Crippen LogP contribution < -0.4 is 9.67 Å². The Kier molecular flexibility index (Phi) is 4.53. The molecule has 0 saturated carbocycles. The first-order valence-electron chi connectivity index (χ1n) is 5.87. The van der Waals surface area contributed by atoms with Crippen LogP contribution in [0.15, 0.2) is 30.5 Å². The van der Waals surface area contributed by atoms with Crippen LogP contribution in [-0.2, 0) is 19.7 Å². The topological polar surface area (TPSA) is 62.5 Å². The molecule has 0 atom stereocenters. The molecule has 5 heteroatoms. The number of hydrogen-bond donors (Lipinski definition) is 0. The first kappa shape index (κ1) is 15.0. The number of aromatic nitrogens is 1. The van der Waals surface area contributed by atoms with Crippen molar-refractivity contribution in [2.45, 2.75) is 26.2 Å². The van der Waals surface area contributed by atoms with Crippen LogP contribution in [0.3, 0.4) is 0 Å². The second kappa shape index (κ2) is 5.73. The summed E-state index contributed by atoms with van der Waals surface area (Å²) in [6.45, 7) is 6.24. The molecule has 104 valence electrons. The van der Waals surface area contributed by atoms with Gasteiger partial charge in [0.25, 0.3) is 0 Å². The number of esters is 1. The second-order valence-corrected chi connectivity index (χ2v) is 5.08. The molecule has 0 N–H and O–H groups in total. The Labute approximate surface area is 113 Å². The Morgan fingerprint density at radius 1 is 1.16 bits per heavy atom. The summed E-state index contributed by atoms with van der Waals surface area (Å²) in [7, 11) is 2.44. The summed E-state index contributed by atoms with van der Waals surface area (Å²) in [5.41, 5.74) is 0.916. The highest BCUT2D eigenvalue weighted by Gasteiger charge is 2.24. The Morgan fingerprint density at radius 2 is 1.68 bits per heavy atom. The van der Waals surface area contributed by atoms with Crippen molar-refractivity contribution in [1.29, 1.82) is 0 Å². The van der Waals surface area contributed by atoms with E-state index in [-0.39, 0.29) is 11.1 Å². The molecule has 1 rings (SSSR count). The molecule has 0 unspecified atom stereocenters.